The molecule has 0 radical (unpaired) electrons. The number of benzene rings is 1. The Bertz CT molecular complexity index is 531. The zero-order valence-corrected chi connectivity index (χ0v) is 13.6. The van der Waals surface area contributed by atoms with Crippen LogP contribution in [0.1, 0.15) is 36.0 Å². The average Bonchev–Trinajstić information content (AvgIpc) is 3.00. The van der Waals surface area contributed by atoms with Gasteiger partial charge in [0, 0.05) is 19.1 Å². The van der Waals surface area contributed by atoms with Crippen LogP contribution in [0.2, 0.25) is 0 Å². The molecule has 0 spiro atoms. The molecule has 5 heteroatoms. The summed E-state index contributed by atoms with van der Waals surface area (Å²) in [6.45, 7) is 3.83. The summed E-state index contributed by atoms with van der Waals surface area (Å²) in [5, 5.41) is 0. The second-order valence-corrected chi connectivity index (χ2v) is 6.68. The maximum atomic E-state index is 13.6. The topological polar surface area (TPSA) is 23.6 Å². The van der Waals surface area contributed by atoms with Crippen molar-refractivity contribution in [3.05, 3.63) is 34.1 Å². The molecule has 21 heavy (non-hydrogen) atoms. The largest absolute Gasteiger partial charge is 0.337 e. The Morgan fingerprint density at radius 1 is 1.19 bits per heavy atom. The third kappa shape index (κ3) is 3.14. The molecule has 1 aromatic rings. The molecule has 1 amide bonds. The zero-order valence-electron chi connectivity index (χ0n) is 12.0. The average molecular weight is 355 g/mol. The Morgan fingerprint density at radius 3 is 2.71 bits per heavy atom. The van der Waals surface area contributed by atoms with Crippen molar-refractivity contribution in [1.29, 1.82) is 0 Å². The molecule has 1 unspecified atom stereocenters. The lowest BCUT2D eigenvalue weighted by molar-refractivity contribution is 0.0770. The first-order chi connectivity index (χ1) is 10.2. The maximum absolute atomic E-state index is 13.6. The number of amides is 1. The van der Waals surface area contributed by atoms with Crippen LogP contribution in [0.4, 0.5) is 4.39 Å². The molecule has 1 atom stereocenters. The predicted molar refractivity (Wildman–Crippen MR) is 83.8 cm³/mol. The maximum Gasteiger partial charge on any atom is 0.255 e. The van der Waals surface area contributed by atoms with Crippen LogP contribution in [0.3, 0.4) is 0 Å². The number of halogens is 2. The van der Waals surface area contributed by atoms with E-state index in [2.05, 4.69) is 20.8 Å². The van der Waals surface area contributed by atoms with E-state index in [1.54, 1.807) is 12.1 Å². The van der Waals surface area contributed by atoms with E-state index in [4.69, 9.17) is 0 Å². The molecule has 0 saturated carbocycles. The van der Waals surface area contributed by atoms with Crippen LogP contribution >= 0.6 is 15.9 Å². The molecule has 3 rings (SSSR count). The first kappa shape index (κ1) is 15.0. The first-order valence-electron chi connectivity index (χ1n) is 7.64. The van der Waals surface area contributed by atoms with Gasteiger partial charge in [-0.1, -0.05) is 12.5 Å². The van der Waals surface area contributed by atoms with Crippen molar-refractivity contribution in [3.8, 4) is 0 Å². The number of rotatable bonds is 2. The minimum atomic E-state index is -0.382. The van der Waals surface area contributed by atoms with Gasteiger partial charge in [0.2, 0.25) is 0 Å². The van der Waals surface area contributed by atoms with E-state index < -0.39 is 0 Å². The van der Waals surface area contributed by atoms with Gasteiger partial charge in [-0.15, -0.1) is 0 Å². The van der Waals surface area contributed by atoms with Gasteiger partial charge in [-0.25, -0.2) is 4.39 Å². The monoisotopic (exact) mass is 354 g/mol. The minimum Gasteiger partial charge on any atom is -0.337 e. The van der Waals surface area contributed by atoms with Gasteiger partial charge in [0.15, 0.2) is 0 Å². The number of likely N-dealkylation sites (tertiary alicyclic amines) is 2. The van der Waals surface area contributed by atoms with Gasteiger partial charge in [0.05, 0.1) is 10.0 Å². The van der Waals surface area contributed by atoms with Crippen LogP contribution < -0.4 is 0 Å². The number of carbonyl (C=O) groups is 1. The number of carbonyl (C=O) groups excluding carboxylic acids is 1. The van der Waals surface area contributed by atoms with Crippen LogP contribution in [-0.2, 0) is 0 Å². The Balaban J connectivity index is 1.68. The van der Waals surface area contributed by atoms with Crippen LogP contribution in [0.15, 0.2) is 22.7 Å². The molecule has 2 aliphatic heterocycles. The summed E-state index contributed by atoms with van der Waals surface area (Å²) >= 11 is 3.19. The van der Waals surface area contributed by atoms with Crippen LogP contribution in [-0.4, -0.2) is 47.9 Å². The summed E-state index contributed by atoms with van der Waals surface area (Å²) in [6, 6.07) is 5.11. The summed E-state index contributed by atoms with van der Waals surface area (Å²) in [6.07, 6.45) is 4.88. The van der Waals surface area contributed by atoms with Crippen LogP contribution in [0.5, 0.6) is 0 Å². The molecule has 114 valence electrons. The SMILES string of the molecule is O=C(c1cccc(F)c1Br)N1CCC(N2CCCCC2)C1. The molecule has 0 bridgehead atoms. The van der Waals surface area contributed by atoms with E-state index in [9.17, 15) is 9.18 Å². The second kappa shape index (κ2) is 6.44. The Hall–Kier alpha value is -0.940. The number of piperidine rings is 1. The number of hydrogen-bond donors (Lipinski definition) is 0. The third-order valence-corrected chi connectivity index (χ3v) is 5.35. The van der Waals surface area contributed by atoms with E-state index in [1.807, 2.05) is 4.90 Å². The van der Waals surface area contributed by atoms with Crippen molar-refractivity contribution < 1.29 is 9.18 Å². The predicted octanol–water partition coefficient (Wildman–Crippen LogP) is 3.29. The van der Waals surface area contributed by atoms with Crippen molar-refractivity contribution in [3.63, 3.8) is 0 Å². The highest BCUT2D eigenvalue weighted by molar-refractivity contribution is 9.10. The van der Waals surface area contributed by atoms with Gasteiger partial charge in [0.1, 0.15) is 5.82 Å². The smallest absolute Gasteiger partial charge is 0.255 e. The molecular weight excluding hydrogens is 335 g/mol. The quantitative estimate of drug-likeness (QED) is 0.813. The fourth-order valence-electron chi connectivity index (χ4n) is 3.35. The first-order valence-corrected chi connectivity index (χ1v) is 8.43. The van der Waals surface area contributed by atoms with E-state index in [-0.39, 0.29) is 16.2 Å². The fourth-order valence-corrected chi connectivity index (χ4v) is 3.78. The summed E-state index contributed by atoms with van der Waals surface area (Å²) in [7, 11) is 0. The van der Waals surface area contributed by atoms with Crippen LogP contribution in [0.25, 0.3) is 0 Å². The highest BCUT2D eigenvalue weighted by atomic mass is 79.9. The van der Waals surface area contributed by atoms with Crippen molar-refractivity contribution in [2.45, 2.75) is 31.7 Å². The lowest BCUT2D eigenvalue weighted by atomic mass is 10.1. The molecule has 2 aliphatic rings. The van der Waals surface area contributed by atoms with Crippen molar-refractivity contribution in [1.82, 2.24) is 9.80 Å². The van der Waals surface area contributed by atoms with E-state index in [0.717, 1.165) is 32.6 Å². The third-order valence-electron chi connectivity index (χ3n) is 4.54. The van der Waals surface area contributed by atoms with Crippen molar-refractivity contribution in [2.75, 3.05) is 26.2 Å². The molecule has 0 N–H and O–H groups in total. The van der Waals surface area contributed by atoms with Crippen LogP contribution in [0, 0.1) is 5.82 Å². The molecule has 3 nitrogen and oxygen atoms in total. The van der Waals surface area contributed by atoms with Gasteiger partial charge in [0.25, 0.3) is 5.91 Å². The summed E-state index contributed by atoms with van der Waals surface area (Å²) < 4.78 is 13.8. The summed E-state index contributed by atoms with van der Waals surface area (Å²) in [5.74, 6) is -0.450. The Labute approximate surface area is 133 Å². The summed E-state index contributed by atoms with van der Waals surface area (Å²) in [5.41, 5.74) is 0.425. The van der Waals surface area contributed by atoms with Gasteiger partial charge in [-0.3, -0.25) is 9.69 Å². The molecule has 1 aromatic carbocycles. The molecule has 0 aliphatic carbocycles. The lowest BCUT2D eigenvalue weighted by Gasteiger charge is -2.32. The van der Waals surface area contributed by atoms with Gasteiger partial charge < -0.3 is 4.90 Å². The minimum absolute atomic E-state index is 0.0686. The van der Waals surface area contributed by atoms with E-state index >= 15 is 0 Å². The zero-order chi connectivity index (χ0) is 14.8. The standard InChI is InChI=1S/C16H20BrFN2O/c17-15-13(5-4-6-14(15)18)16(21)20-10-7-12(11-20)19-8-2-1-3-9-19/h4-6,12H,1-3,7-11H2. The molecule has 2 saturated heterocycles. The van der Waals surface area contributed by atoms with Gasteiger partial charge >= 0.3 is 0 Å². The van der Waals surface area contributed by atoms with Gasteiger partial charge in [-0.2, -0.15) is 0 Å². The second-order valence-electron chi connectivity index (χ2n) is 5.89. The van der Waals surface area contributed by atoms with Crippen molar-refractivity contribution in [2.24, 2.45) is 0 Å². The van der Waals surface area contributed by atoms with Gasteiger partial charge in [-0.05, 0) is 60.4 Å². The highest BCUT2D eigenvalue weighted by Gasteiger charge is 2.32. The Morgan fingerprint density at radius 2 is 1.95 bits per heavy atom. The van der Waals surface area contributed by atoms with E-state index in [1.165, 1.54) is 25.3 Å². The highest BCUT2D eigenvalue weighted by Crippen LogP contribution is 2.25. The number of nitrogens with zero attached hydrogens (tertiary/aromatic N) is 2. The normalized spacial score (nSPS) is 23.5. The number of hydrogen-bond acceptors (Lipinski definition) is 2. The van der Waals surface area contributed by atoms with Crippen molar-refractivity contribution >= 4 is 21.8 Å². The Kier molecular flexibility index (Phi) is 4.60. The molecule has 2 heterocycles. The lowest BCUT2D eigenvalue weighted by Crippen LogP contribution is -2.41. The molecular formula is C16H20BrFN2O. The molecule has 2 fully saturated rings. The summed E-state index contributed by atoms with van der Waals surface area (Å²) in [4.78, 5) is 16.9. The fraction of sp³-hybridized carbons (Fsp3) is 0.562. The van der Waals surface area contributed by atoms with E-state index in [0.29, 0.717) is 11.6 Å². The molecule has 0 aromatic heterocycles.